The molecule has 0 bridgehead atoms. The van der Waals surface area contributed by atoms with Crippen LogP contribution in [0.15, 0.2) is 6.20 Å². The average molecular weight is 264 g/mol. The number of rotatable bonds is 3. The number of nitrogens with zero attached hydrogens (tertiary/aromatic N) is 2. The fraction of sp³-hybridized carbons (Fsp3) is 0.615. The highest BCUT2D eigenvalue weighted by molar-refractivity contribution is 5.97. The van der Waals surface area contributed by atoms with Crippen LogP contribution in [0.2, 0.25) is 0 Å². The van der Waals surface area contributed by atoms with Crippen molar-refractivity contribution in [3.8, 4) is 0 Å². The van der Waals surface area contributed by atoms with Crippen LogP contribution in [0.5, 0.6) is 0 Å². The van der Waals surface area contributed by atoms with Crippen LogP contribution in [-0.2, 0) is 4.79 Å². The summed E-state index contributed by atoms with van der Waals surface area (Å²) in [6.07, 6.45) is 2.29. The Bertz CT molecular complexity index is 481. The third-order valence-electron chi connectivity index (χ3n) is 3.33. The van der Waals surface area contributed by atoms with Crippen molar-refractivity contribution in [1.29, 1.82) is 0 Å². The summed E-state index contributed by atoms with van der Waals surface area (Å²) >= 11 is 0. The van der Waals surface area contributed by atoms with Crippen LogP contribution < -0.4 is 5.32 Å². The number of carbonyl (C=O) groups is 2. The zero-order valence-electron chi connectivity index (χ0n) is 11.6. The SMILES string of the molecule is Cc1cn[nH]c1C(=O)N1CCNC(=O)C1CC(C)C. The number of H-pyrrole nitrogens is 1. The standard InChI is InChI=1S/C13H20N4O2/c1-8(2)6-10-12(18)14-4-5-17(10)13(19)11-9(3)7-15-16-11/h7-8,10H,4-6H2,1-3H3,(H,14,18)(H,15,16). The van der Waals surface area contributed by atoms with Gasteiger partial charge in [-0.1, -0.05) is 13.8 Å². The van der Waals surface area contributed by atoms with Gasteiger partial charge in [-0.2, -0.15) is 5.10 Å². The van der Waals surface area contributed by atoms with Crippen LogP contribution in [0.4, 0.5) is 0 Å². The Balaban J connectivity index is 2.22. The van der Waals surface area contributed by atoms with Gasteiger partial charge >= 0.3 is 0 Å². The van der Waals surface area contributed by atoms with E-state index in [1.165, 1.54) is 0 Å². The van der Waals surface area contributed by atoms with Gasteiger partial charge in [0.1, 0.15) is 11.7 Å². The Morgan fingerprint density at radius 2 is 2.32 bits per heavy atom. The van der Waals surface area contributed by atoms with E-state index in [4.69, 9.17) is 0 Å². The van der Waals surface area contributed by atoms with E-state index in [2.05, 4.69) is 15.5 Å². The minimum absolute atomic E-state index is 0.0644. The van der Waals surface area contributed by atoms with E-state index >= 15 is 0 Å². The maximum Gasteiger partial charge on any atom is 0.272 e. The predicted molar refractivity (Wildman–Crippen MR) is 70.6 cm³/mol. The van der Waals surface area contributed by atoms with E-state index in [1.54, 1.807) is 11.1 Å². The molecule has 104 valence electrons. The second-order valence-electron chi connectivity index (χ2n) is 5.36. The molecule has 0 saturated carbocycles. The van der Waals surface area contributed by atoms with E-state index in [0.717, 1.165) is 5.56 Å². The number of carbonyl (C=O) groups excluding carboxylic acids is 2. The number of hydrogen-bond acceptors (Lipinski definition) is 3. The largest absolute Gasteiger partial charge is 0.353 e. The zero-order valence-corrected chi connectivity index (χ0v) is 11.6. The maximum absolute atomic E-state index is 12.5. The predicted octanol–water partition coefficient (Wildman–Crippen LogP) is 0.705. The Hall–Kier alpha value is -1.85. The number of aryl methyl sites for hydroxylation is 1. The van der Waals surface area contributed by atoms with Gasteiger partial charge in [0.2, 0.25) is 5.91 Å². The van der Waals surface area contributed by atoms with Crippen LogP contribution in [-0.4, -0.2) is 46.0 Å². The van der Waals surface area contributed by atoms with Crippen LogP contribution in [0.1, 0.15) is 36.3 Å². The van der Waals surface area contributed by atoms with Crippen LogP contribution >= 0.6 is 0 Å². The number of piperazine rings is 1. The Morgan fingerprint density at radius 3 is 2.89 bits per heavy atom. The second-order valence-corrected chi connectivity index (χ2v) is 5.36. The highest BCUT2D eigenvalue weighted by atomic mass is 16.2. The van der Waals surface area contributed by atoms with Gasteiger partial charge in [-0.25, -0.2) is 0 Å². The van der Waals surface area contributed by atoms with Gasteiger partial charge in [-0.05, 0) is 24.8 Å². The molecule has 1 aromatic heterocycles. The lowest BCUT2D eigenvalue weighted by Gasteiger charge is -2.35. The number of aromatic nitrogens is 2. The Kier molecular flexibility index (Phi) is 3.87. The summed E-state index contributed by atoms with van der Waals surface area (Å²) in [6, 6.07) is -0.385. The quantitative estimate of drug-likeness (QED) is 0.843. The molecule has 2 N–H and O–H groups in total. The molecule has 1 saturated heterocycles. The van der Waals surface area contributed by atoms with Crippen molar-refractivity contribution in [1.82, 2.24) is 20.4 Å². The molecule has 0 spiro atoms. The minimum atomic E-state index is -0.385. The lowest BCUT2D eigenvalue weighted by atomic mass is 9.99. The molecule has 2 amide bonds. The van der Waals surface area contributed by atoms with Gasteiger partial charge in [0.05, 0.1) is 6.20 Å². The normalized spacial score (nSPS) is 19.7. The van der Waals surface area contributed by atoms with Crippen molar-refractivity contribution in [2.45, 2.75) is 33.2 Å². The van der Waals surface area contributed by atoms with Gasteiger partial charge in [-0.3, -0.25) is 14.7 Å². The van der Waals surface area contributed by atoms with Gasteiger partial charge in [0, 0.05) is 13.1 Å². The molecule has 19 heavy (non-hydrogen) atoms. The number of amides is 2. The lowest BCUT2D eigenvalue weighted by molar-refractivity contribution is -0.128. The fourth-order valence-corrected chi connectivity index (χ4v) is 2.35. The Labute approximate surface area is 112 Å². The highest BCUT2D eigenvalue weighted by Crippen LogP contribution is 2.18. The highest BCUT2D eigenvalue weighted by Gasteiger charge is 2.34. The van der Waals surface area contributed by atoms with E-state index in [0.29, 0.717) is 31.1 Å². The van der Waals surface area contributed by atoms with Gasteiger partial charge in [0.25, 0.3) is 5.91 Å². The topological polar surface area (TPSA) is 78.1 Å². The monoisotopic (exact) mass is 264 g/mol. The number of aromatic amines is 1. The third-order valence-corrected chi connectivity index (χ3v) is 3.33. The van der Waals surface area contributed by atoms with Gasteiger partial charge in [-0.15, -0.1) is 0 Å². The van der Waals surface area contributed by atoms with Crippen LogP contribution in [0.25, 0.3) is 0 Å². The van der Waals surface area contributed by atoms with Crippen LogP contribution in [0, 0.1) is 12.8 Å². The number of hydrogen-bond donors (Lipinski definition) is 2. The van der Waals surface area contributed by atoms with Crippen molar-refractivity contribution in [3.05, 3.63) is 17.5 Å². The van der Waals surface area contributed by atoms with Crippen molar-refractivity contribution in [2.24, 2.45) is 5.92 Å². The summed E-state index contributed by atoms with van der Waals surface area (Å²) in [5.41, 5.74) is 1.28. The summed E-state index contributed by atoms with van der Waals surface area (Å²) in [4.78, 5) is 26.1. The Morgan fingerprint density at radius 1 is 1.58 bits per heavy atom. The fourth-order valence-electron chi connectivity index (χ4n) is 2.35. The molecule has 6 nitrogen and oxygen atoms in total. The molecule has 2 rings (SSSR count). The molecule has 1 aliphatic rings. The summed E-state index contributed by atoms with van der Waals surface area (Å²) < 4.78 is 0. The molecule has 0 aliphatic carbocycles. The van der Waals surface area contributed by atoms with Crippen molar-refractivity contribution in [3.63, 3.8) is 0 Å². The van der Waals surface area contributed by atoms with Crippen molar-refractivity contribution < 1.29 is 9.59 Å². The second kappa shape index (κ2) is 5.42. The van der Waals surface area contributed by atoms with Crippen molar-refractivity contribution in [2.75, 3.05) is 13.1 Å². The maximum atomic E-state index is 12.5. The molecule has 2 heterocycles. The summed E-state index contributed by atoms with van der Waals surface area (Å²) in [5.74, 6) is 0.146. The summed E-state index contributed by atoms with van der Waals surface area (Å²) in [5, 5.41) is 9.41. The first-order valence-electron chi connectivity index (χ1n) is 6.59. The molecule has 1 aromatic rings. The van der Waals surface area contributed by atoms with E-state index in [1.807, 2.05) is 20.8 Å². The zero-order chi connectivity index (χ0) is 14.0. The van der Waals surface area contributed by atoms with Crippen molar-refractivity contribution >= 4 is 11.8 Å². The molecule has 1 aliphatic heterocycles. The van der Waals surface area contributed by atoms with E-state index < -0.39 is 0 Å². The molecule has 0 radical (unpaired) electrons. The van der Waals surface area contributed by atoms with E-state index in [9.17, 15) is 9.59 Å². The third kappa shape index (κ3) is 2.77. The van der Waals surface area contributed by atoms with Gasteiger partial charge in [0.15, 0.2) is 0 Å². The first kappa shape index (κ1) is 13.6. The summed E-state index contributed by atoms with van der Waals surface area (Å²) in [7, 11) is 0. The first-order chi connectivity index (χ1) is 9.00. The molecule has 1 unspecified atom stereocenters. The lowest BCUT2D eigenvalue weighted by Crippen LogP contribution is -2.57. The molecular weight excluding hydrogens is 244 g/mol. The van der Waals surface area contributed by atoms with E-state index in [-0.39, 0.29) is 17.9 Å². The molecule has 0 aromatic carbocycles. The van der Waals surface area contributed by atoms with Gasteiger partial charge < -0.3 is 10.2 Å². The smallest absolute Gasteiger partial charge is 0.272 e. The molecule has 1 fully saturated rings. The first-order valence-corrected chi connectivity index (χ1v) is 6.59. The summed E-state index contributed by atoms with van der Waals surface area (Å²) in [6.45, 7) is 6.98. The number of nitrogens with one attached hydrogen (secondary N) is 2. The van der Waals surface area contributed by atoms with Crippen LogP contribution in [0.3, 0.4) is 0 Å². The molecule has 6 heteroatoms. The molecular formula is C13H20N4O2. The minimum Gasteiger partial charge on any atom is -0.353 e. The average Bonchev–Trinajstić information content (AvgIpc) is 2.77. The molecule has 1 atom stereocenters.